The lowest BCUT2D eigenvalue weighted by atomic mass is 9.97. The van der Waals surface area contributed by atoms with Gasteiger partial charge in [0.1, 0.15) is 5.75 Å². The maximum absolute atomic E-state index is 12.4. The number of carboxylic acid groups (broad SMARTS) is 1. The van der Waals surface area contributed by atoms with E-state index < -0.39 is 5.97 Å². The summed E-state index contributed by atoms with van der Waals surface area (Å²) in [4.78, 5) is 22.9. The quantitative estimate of drug-likeness (QED) is 0.797. The molecule has 0 radical (unpaired) electrons. The van der Waals surface area contributed by atoms with Crippen LogP contribution in [0.4, 0.5) is 0 Å². The van der Waals surface area contributed by atoms with E-state index >= 15 is 0 Å². The Hall–Kier alpha value is -2.82. The summed E-state index contributed by atoms with van der Waals surface area (Å²) in [6.45, 7) is 7.65. The molecule has 1 amide bonds. The molecule has 0 aliphatic carbocycles. The number of nitrogens with one attached hydrogen (secondary N) is 1. The van der Waals surface area contributed by atoms with Gasteiger partial charge < -0.3 is 15.2 Å². The number of carboxylic acids is 1. The minimum absolute atomic E-state index is 0.0289. The third-order valence-corrected chi connectivity index (χ3v) is 4.30. The molecule has 0 spiro atoms. The molecule has 2 rings (SSSR count). The molecule has 0 saturated carbocycles. The molecule has 0 aliphatic heterocycles. The van der Waals surface area contributed by atoms with Gasteiger partial charge in [0.2, 0.25) is 5.91 Å². The van der Waals surface area contributed by atoms with Crippen LogP contribution in [0.1, 0.15) is 40.8 Å². The molecule has 138 valence electrons. The van der Waals surface area contributed by atoms with Gasteiger partial charge in [0, 0.05) is 0 Å². The van der Waals surface area contributed by atoms with Crippen LogP contribution in [-0.4, -0.2) is 23.6 Å². The van der Waals surface area contributed by atoms with E-state index in [-0.39, 0.29) is 18.6 Å². The summed E-state index contributed by atoms with van der Waals surface area (Å²) >= 11 is 0. The molecule has 0 aliphatic rings. The molecule has 0 fully saturated rings. The van der Waals surface area contributed by atoms with Crippen molar-refractivity contribution in [2.75, 3.05) is 6.61 Å². The third-order valence-electron chi connectivity index (χ3n) is 4.30. The van der Waals surface area contributed by atoms with Crippen LogP contribution in [0.25, 0.3) is 0 Å². The van der Waals surface area contributed by atoms with Gasteiger partial charge in [-0.3, -0.25) is 4.79 Å². The molecule has 2 aromatic rings. The summed E-state index contributed by atoms with van der Waals surface area (Å²) in [6, 6.07) is 11.1. The van der Waals surface area contributed by atoms with Gasteiger partial charge in [-0.05, 0) is 62.1 Å². The largest absolute Gasteiger partial charge is 0.482 e. The molecule has 1 unspecified atom stereocenters. The Morgan fingerprint density at radius 3 is 2.19 bits per heavy atom. The van der Waals surface area contributed by atoms with Crippen molar-refractivity contribution in [1.29, 1.82) is 0 Å². The zero-order valence-electron chi connectivity index (χ0n) is 15.6. The highest BCUT2D eigenvalue weighted by Gasteiger charge is 2.13. The van der Waals surface area contributed by atoms with Crippen molar-refractivity contribution in [3.05, 3.63) is 64.2 Å². The van der Waals surface area contributed by atoms with E-state index in [0.29, 0.717) is 12.2 Å². The minimum Gasteiger partial charge on any atom is -0.482 e. The first-order valence-corrected chi connectivity index (χ1v) is 8.57. The number of aliphatic carboxylic acids is 1. The first kappa shape index (κ1) is 19.5. The number of hydrogen-bond donors (Lipinski definition) is 2. The second-order valence-corrected chi connectivity index (χ2v) is 6.59. The summed E-state index contributed by atoms with van der Waals surface area (Å²) < 4.78 is 5.11. The van der Waals surface area contributed by atoms with Gasteiger partial charge in [-0.2, -0.15) is 0 Å². The molecule has 5 heteroatoms. The SMILES string of the molecule is Cc1cc(C)c(CC(=O)NC(C)c2ccc(OCC(=O)O)cc2)c(C)c1. The standard InChI is InChI=1S/C21H25NO4/c1-13-9-14(2)19(15(3)10-13)11-20(23)22-16(4)17-5-7-18(8-6-17)26-12-21(24)25/h5-10,16H,11-12H2,1-4H3,(H,22,23)(H,24,25). The van der Waals surface area contributed by atoms with Crippen LogP contribution >= 0.6 is 0 Å². The smallest absolute Gasteiger partial charge is 0.341 e. The summed E-state index contributed by atoms with van der Waals surface area (Å²) in [5.41, 5.74) is 5.45. The Kier molecular flexibility index (Phi) is 6.39. The number of rotatable bonds is 7. The summed E-state index contributed by atoms with van der Waals surface area (Å²) in [7, 11) is 0. The van der Waals surface area contributed by atoms with Crippen LogP contribution in [-0.2, 0) is 16.0 Å². The molecule has 0 saturated heterocycles. The molecule has 0 aromatic heterocycles. The second kappa shape index (κ2) is 8.52. The van der Waals surface area contributed by atoms with E-state index in [1.54, 1.807) is 12.1 Å². The topological polar surface area (TPSA) is 75.6 Å². The van der Waals surface area contributed by atoms with Crippen LogP contribution in [0.5, 0.6) is 5.75 Å². The predicted molar refractivity (Wildman–Crippen MR) is 100 cm³/mol. The van der Waals surface area contributed by atoms with E-state index in [2.05, 4.69) is 24.4 Å². The highest BCUT2D eigenvalue weighted by atomic mass is 16.5. The average Bonchev–Trinajstić information content (AvgIpc) is 2.56. The van der Waals surface area contributed by atoms with Gasteiger partial charge in [-0.1, -0.05) is 29.8 Å². The average molecular weight is 355 g/mol. The Morgan fingerprint density at radius 2 is 1.65 bits per heavy atom. The van der Waals surface area contributed by atoms with Crippen LogP contribution in [0.3, 0.4) is 0 Å². The van der Waals surface area contributed by atoms with Crippen molar-refractivity contribution < 1.29 is 19.4 Å². The van der Waals surface area contributed by atoms with Gasteiger partial charge in [-0.25, -0.2) is 4.79 Å². The van der Waals surface area contributed by atoms with E-state index in [0.717, 1.165) is 22.3 Å². The van der Waals surface area contributed by atoms with Gasteiger partial charge in [-0.15, -0.1) is 0 Å². The number of hydrogen-bond acceptors (Lipinski definition) is 3. The molecule has 2 aromatic carbocycles. The molecule has 26 heavy (non-hydrogen) atoms. The molecular formula is C21H25NO4. The highest BCUT2D eigenvalue weighted by molar-refractivity contribution is 5.79. The van der Waals surface area contributed by atoms with Crippen LogP contribution in [0.15, 0.2) is 36.4 Å². The van der Waals surface area contributed by atoms with E-state index in [1.165, 1.54) is 5.56 Å². The predicted octanol–water partition coefficient (Wildman–Crippen LogP) is 3.50. The van der Waals surface area contributed by atoms with Crippen molar-refractivity contribution in [3.63, 3.8) is 0 Å². The van der Waals surface area contributed by atoms with Gasteiger partial charge in [0.25, 0.3) is 0 Å². The lowest BCUT2D eigenvalue weighted by molar-refractivity contribution is -0.139. The normalized spacial score (nSPS) is 11.7. The molecular weight excluding hydrogens is 330 g/mol. The Labute approximate surface area is 154 Å². The maximum atomic E-state index is 12.4. The first-order valence-electron chi connectivity index (χ1n) is 8.57. The van der Waals surface area contributed by atoms with Crippen molar-refractivity contribution in [3.8, 4) is 5.75 Å². The van der Waals surface area contributed by atoms with Crippen molar-refractivity contribution in [2.45, 2.75) is 40.2 Å². The van der Waals surface area contributed by atoms with Crippen molar-refractivity contribution >= 4 is 11.9 Å². The molecule has 2 N–H and O–H groups in total. The van der Waals surface area contributed by atoms with Gasteiger partial charge in [0.05, 0.1) is 12.5 Å². The third kappa shape index (κ3) is 5.34. The van der Waals surface area contributed by atoms with E-state index in [9.17, 15) is 9.59 Å². The molecule has 0 bridgehead atoms. The monoisotopic (exact) mass is 355 g/mol. The number of amides is 1. The number of ether oxygens (including phenoxy) is 1. The lowest BCUT2D eigenvalue weighted by Gasteiger charge is -2.17. The zero-order chi connectivity index (χ0) is 19.3. The fourth-order valence-corrected chi connectivity index (χ4v) is 3.02. The van der Waals surface area contributed by atoms with Crippen molar-refractivity contribution in [1.82, 2.24) is 5.32 Å². The minimum atomic E-state index is -1.02. The lowest BCUT2D eigenvalue weighted by Crippen LogP contribution is -2.28. The van der Waals surface area contributed by atoms with Crippen LogP contribution < -0.4 is 10.1 Å². The summed E-state index contributed by atoms with van der Waals surface area (Å²) in [5, 5.41) is 11.6. The Morgan fingerprint density at radius 1 is 1.08 bits per heavy atom. The van der Waals surface area contributed by atoms with Gasteiger partial charge in [0.15, 0.2) is 6.61 Å². The molecule has 1 atom stereocenters. The summed E-state index contributed by atoms with van der Waals surface area (Å²) in [6.07, 6.45) is 0.349. The fourth-order valence-electron chi connectivity index (χ4n) is 3.02. The zero-order valence-corrected chi connectivity index (χ0v) is 15.6. The van der Waals surface area contributed by atoms with E-state index in [1.807, 2.05) is 32.9 Å². The van der Waals surface area contributed by atoms with Gasteiger partial charge >= 0.3 is 5.97 Å². The summed E-state index contributed by atoms with van der Waals surface area (Å²) in [5.74, 6) is -0.560. The Bertz CT molecular complexity index is 773. The number of carbonyl (C=O) groups is 2. The maximum Gasteiger partial charge on any atom is 0.341 e. The van der Waals surface area contributed by atoms with Crippen molar-refractivity contribution in [2.24, 2.45) is 0 Å². The fraction of sp³-hybridized carbons (Fsp3) is 0.333. The van der Waals surface area contributed by atoms with Crippen LogP contribution in [0.2, 0.25) is 0 Å². The second-order valence-electron chi connectivity index (χ2n) is 6.59. The number of aryl methyl sites for hydroxylation is 3. The molecule has 0 heterocycles. The van der Waals surface area contributed by atoms with E-state index in [4.69, 9.17) is 9.84 Å². The van der Waals surface area contributed by atoms with Crippen LogP contribution in [0, 0.1) is 20.8 Å². The number of benzene rings is 2. The molecule has 5 nitrogen and oxygen atoms in total. The first-order chi connectivity index (χ1) is 12.3. The Balaban J connectivity index is 1.97. The number of carbonyl (C=O) groups excluding carboxylic acids is 1. The highest BCUT2D eigenvalue weighted by Crippen LogP contribution is 2.20.